The van der Waals surface area contributed by atoms with Crippen molar-refractivity contribution in [1.29, 1.82) is 0 Å². The van der Waals surface area contributed by atoms with Gasteiger partial charge in [-0.15, -0.1) is 0 Å². The first-order valence-corrected chi connectivity index (χ1v) is 8.10. The lowest BCUT2D eigenvalue weighted by Crippen LogP contribution is -2.31. The largest absolute Gasteiger partial charge is 0.330 e. The molecule has 108 valence electrons. The molecule has 1 aliphatic carbocycles. The second-order valence-corrected chi connectivity index (χ2v) is 7.43. The van der Waals surface area contributed by atoms with Gasteiger partial charge in [-0.25, -0.2) is 0 Å². The molecule has 0 saturated heterocycles. The highest BCUT2D eigenvalue weighted by Crippen LogP contribution is 2.51. The maximum atomic E-state index is 5.73. The van der Waals surface area contributed by atoms with Crippen LogP contribution in [-0.2, 0) is 0 Å². The fourth-order valence-electron chi connectivity index (χ4n) is 4.79. The molecule has 1 rings (SSSR count). The zero-order chi connectivity index (χ0) is 13.9. The minimum atomic E-state index is 0.801. The van der Waals surface area contributed by atoms with Gasteiger partial charge in [0, 0.05) is 0 Å². The Labute approximate surface area is 115 Å². The zero-order valence-corrected chi connectivity index (χ0v) is 13.4. The van der Waals surface area contributed by atoms with E-state index in [9.17, 15) is 0 Å². The molecular formula is C17H35N. The summed E-state index contributed by atoms with van der Waals surface area (Å²) in [6, 6.07) is 0. The first-order chi connectivity index (χ1) is 8.40. The minimum Gasteiger partial charge on any atom is -0.330 e. The van der Waals surface area contributed by atoms with Crippen LogP contribution in [0.1, 0.15) is 60.8 Å². The van der Waals surface area contributed by atoms with Gasteiger partial charge in [-0.05, 0) is 67.2 Å². The highest BCUT2D eigenvalue weighted by molar-refractivity contribution is 4.93. The highest BCUT2D eigenvalue weighted by Gasteiger charge is 2.44. The van der Waals surface area contributed by atoms with Crippen molar-refractivity contribution in [3.8, 4) is 0 Å². The van der Waals surface area contributed by atoms with E-state index in [1.54, 1.807) is 0 Å². The molecule has 1 nitrogen and oxygen atoms in total. The van der Waals surface area contributed by atoms with Gasteiger partial charge in [-0.3, -0.25) is 0 Å². The maximum absolute atomic E-state index is 5.73. The fraction of sp³-hybridized carbons (Fsp3) is 1.00. The van der Waals surface area contributed by atoms with Crippen LogP contribution in [0.25, 0.3) is 0 Å². The van der Waals surface area contributed by atoms with Crippen molar-refractivity contribution >= 4 is 0 Å². The Kier molecular flexibility index (Phi) is 6.17. The Hall–Kier alpha value is -0.0400. The fourth-order valence-corrected chi connectivity index (χ4v) is 4.79. The molecule has 5 unspecified atom stereocenters. The van der Waals surface area contributed by atoms with Gasteiger partial charge >= 0.3 is 0 Å². The molecule has 5 atom stereocenters. The summed E-state index contributed by atoms with van der Waals surface area (Å²) in [4.78, 5) is 0. The van der Waals surface area contributed by atoms with Crippen LogP contribution in [0.2, 0.25) is 0 Å². The predicted octanol–water partition coefficient (Wildman–Crippen LogP) is 4.56. The van der Waals surface area contributed by atoms with Crippen molar-refractivity contribution in [3.05, 3.63) is 0 Å². The molecule has 0 aromatic heterocycles. The Balaban J connectivity index is 2.85. The summed E-state index contributed by atoms with van der Waals surface area (Å²) in [5, 5.41) is 0. The van der Waals surface area contributed by atoms with Gasteiger partial charge in [0.2, 0.25) is 0 Å². The van der Waals surface area contributed by atoms with Crippen LogP contribution in [-0.4, -0.2) is 6.54 Å². The average molecular weight is 253 g/mol. The lowest BCUT2D eigenvalue weighted by Gasteiger charge is -2.37. The second kappa shape index (κ2) is 6.93. The van der Waals surface area contributed by atoms with Gasteiger partial charge in [0.25, 0.3) is 0 Å². The van der Waals surface area contributed by atoms with Crippen molar-refractivity contribution in [3.63, 3.8) is 0 Å². The molecule has 0 heterocycles. The first kappa shape index (κ1) is 16.0. The SMILES string of the molecule is CC(C)C(CCCN)C1C(C)CC(C)C1C(C)C. The van der Waals surface area contributed by atoms with Crippen LogP contribution in [0.15, 0.2) is 0 Å². The van der Waals surface area contributed by atoms with E-state index in [0.717, 1.165) is 48.0 Å². The van der Waals surface area contributed by atoms with Crippen LogP contribution in [0.5, 0.6) is 0 Å². The molecule has 2 N–H and O–H groups in total. The maximum Gasteiger partial charge on any atom is -0.00772 e. The number of hydrogen-bond acceptors (Lipinski definition) is 1. The van der Waals surface area contributed by atoms with E-state index in [1.807, 2.05) is 0 Å². The van der Waals surface area contributed by atoms with Crippen molar-refractivity contribution < 1.29 is 0 Å². The van der Waals surface area contributed by atoms with E-state index >= 15 is 0 Å². The monoisotopic (exact) mass is 253 g/mol. The molecule has 0 bridgehead atoms. The Morgan fingerprint density at radius 3 is 2.00 bits per heavy atom. The lowest BCUT2D eigenvalue weighted by molar-refractivity contribution is 0.114. The molecule has 1 fully saturated rings. The van der Waals surface area contributed by atoms with Crippen molar-refractivity contribution in [2.45, 2.75) is 60.8 Å². The summed E-state index contributed by atoms with van der Waals surface area (Å²) in [5.74, 6) is 6.16. The third-order valence-corrected chi connectivity index (χ3v) is 5.36. The second-order valence-electron chi connectivity index (χ2n) is 7.43. The first-order valence-electron chi connectivity index (χ1n) is 8.10. The van der Waals surface area contributed by atoms with Crippen LogP contribution in [0, 0.1) is 41.4 Å². The highest BCUT2D eigenvalue weighted by atomic mass is 14.5. The van der Waals surface area contributed by atoms with Crippen LogP contribution >= 0.6 is 0 Å². The van der Waals surface area contributed by atoms with Crippen molar-refractivity contribution in [2.75, 3.05) is 6.54 Å². The van der Waals surface area contributed by atoms with Gasteiger partial charge < -0.3 is 5.73 Å². The molecule has 0 aliphatic heterocycles. The predicted molar refractivity (Wildman–Crippen MR) is 81.4 cm³/mol. The minimum absolute atomic E-state index is 0.801. The van der Waals surface area contributed by atoms with E-state index in [-0.39, 0.29) is 0 Å². The Morgan fingerprint density at radius 2 is 1.56 bits per heavy atom. The number of nitrogens with two attached hydrogens (primary N) is 1. The summed E-state index contributed by atoms with van der Waals surface area (Å²) < 4.78 is 0. The Morgan fingerprint density at radius 1 is 1.00 bits per heavy atom. The molecular weight excluding hydrogens is 218 g/mol. The smallest absolute Gasteiger partial charge is 0.00772 e. The molecule has 0 spiro atoms. The quantitative estimate of drug-likeness (QED) is 0.737. The Bertz CT molecular complexity index is 234. The number of hydrogen-bond donors (Lipinski definition) is 1. The topological polar surface area (TPSA) is 26.0 Å². The molecule has 0 aromatic carbocycles. The molecule has 0 aromatic rings. The normalized spacial score (nSPS) is 34.5. The van der Waals surface area contributed by atoms with E-state index < -0.39 is 0 Å². The molecule has 0 amide bonds. The standard InChI is InChI=1S/C17H35N/c1-11(2)15(8-7-9-18)17-14(6)10-13(5)16(17)12(3)4/h11-17H,7-10,18H2,1-6H3. The van der Waals surface area contributed by atoms with Gasteiger partial charge in [0.15, 0.2) is 0 Å². The summed E-state index contributed by atoms with van der Waals surface area (Å²) in [7, 11) is 0. The molecule has 0 radical (unpaired) electrons. The average Bonchev–Trinajstić information content (AvgIpc) is 2.54. The van der Waals surface area contributed by atoms with E-state index in [1.165, 1.54) is 19.3 Å². The molecule has 1 aliphatic rings. The van der Waals surface area contributed by atoms with Crippen LogP contribution in [0.3, 0.4) is 0 Å². The van der Waals surface area contributed by atoms with Crippen LogP contribution in [0.4, 0.5) is 0 Å². The lowest BCUT2D eigenvalue weighted by atomic mass is 9.68. The third kappa shape index (κ3) is 3.50. The zero-order valence-electron chi connectivity index (χ0n) is 13.4. The molecule has 1 saturated carbocycles. The van der Waals surface area contributed by atoms with Gasteiger partial charge in [0.05, 0.1) is 0 Å². The van der Waals surface area contributed by atoms with E-state index in [0.29, 0.717) is 0 Å². The van der Waals surface area contributed by atoms with Crippen molar-refractivity contribution in [2.24, 2.45) is 47.2 Å². The van der Waals surface area contributed by atoms with Gasteiger partial charge in [-0.1, -0.05) is 41.5 Å². The van der Waals surface area contributed by atoms with E-state index in [2.05, 4.69) is 41.5 Å². The summed E-state index contributed by atoms with van der Waals surface area (Å²) in [6.45, 7) is 15.5. The number of rotatable bonds is 6. The molecule has 1 heteroatoms. The van der Waals surface area contributed by atoms with Gasteiger partial charge in [0.1, 0.15) is 0 Å². The third-order valence-electron chi connectivity index (χ3n) is 5.36. The summed E-state index contributed by atoms with van der Waals surface area (Å²) in [6.07, 6.45) is 3.96. The van der Waals surface area contributed by atoms with Crippen molar-refractivity contribution in [1.82, 2.24) is 0 Å². The molecule has 18 heavy (non-hydrogen) atoms. The van der Waals surface area contributed by atoms with Gasteiger partial charge in [-0.2, -0.15) is 0 Å². The summed E-state index contributed by atoms with van der Waals surface area (Å²) in [5.41, 5.74) is 5.73. The van der Waals surface area contributed by atoms with E-state index in [4.69, 9.17) is 5.73 Å². The van der Waals surface area contributed by atoms with Crippen LogP contribution < -0.4 is 5.73 Å². The summed E-state index contributed by atoms with van der Waals surface area (Å²) >= 11 is 0.